The van der Waals surface area contributed by atoms with E-state index in [1.165, 1.54) is 18.0 Å². The van der Waals surface area contributed by atoms with Gasteiger partial charge in [0.2, 0.25) is 0 Å². The zero-order valence-corrected chi connectivity index (χ0v) is 10.8. The normalized spacial score (nSPS) is 10.2. The van der Waals surface area contributed by atoms with Crippen molar-refractivity contribution in [3.63, 3.8) is 0 Å². The molecule has 0 atom stereocenters. The van der Waals surface area contributed by atoms with E-state index in [2.05, 4.69) is 12.2 Å². The summed E-state index contributed by atoms with van der Waals surface area (Å²) < 4.78 is 5.21. The monoisotopic (exact) mass is 256 g/mol. The van der Waals surface area contributed by atoms with Crippen LogP contribution in [0, 0.1) is 5.41 Å². The molecule has 0 fully saturated rings. The molecule has 4 nitrogen and oxygen atoms in total. The molecule has 2 N–H and O–H groups in total. The number of amides is 1. The molecule has 0 saturated heterocycles. The minimum Gasteiger partial charge on any atom is -0.467 e. The summed E-state index contributed by atoms with van der Waals surface area (Å²) in [6, 6.07) is 9.22. The van der Waals surface area contributed by atoms with Gasteiger partial charge in [0.05, 0.1) is 12.8 Å². The minimum absolute atomic E-state index is 0.144. The van der Waals surface area contributed by atoms with Crippen molar-refractivity contribution in [1.29, 1.82) is 5.41 Å². The van der Waals surface area contributed by atoms with Crippen LogP contribution in [0.25, 0.3) is 0 Å². The molecule has 1 aromatic carbocycles. The third-order valence-electron chi connectivity index (χ3n) is 2.97. The van der Waals surface area contributed by atoms with Gasteiger partial charge in [0.1, 0.15) is 5.76 Å². The smallest absolute Gasteiger partial charge is 0.251 e. The number of carbonyl (C=O) groups is 1. The Morgan fingerprint density at radius 2 is 2.05 bits per heavy atom. The van der Waals surface area contributed by atoms with Gasteiger partial charge in [-0.25, -0.2) is 0 Å². The Bertz CT molecular complexity index is 570. The molecule has 2 rings (SSSR count). The van der Waals surface area contributed by atoms with Gasteiger partial charge in [-0.3, -0.25) is 4.79 Å². The van der Waals surface area contributed by atoms with Crippen molar-refractivity contribution in [2.24, 2.45) is 0 Å². The molecule has 0 aliphatic heterocycles. The fraction of sp³-hybridized carbons (Fsp3) is 0.200. The van der Waals surface area contributed by atoms with E-state index in [1.807, 2.05) is 24.3 Å². The first-order valence-corrected chi connectivity index (χ1v) is 6.18. The first-order chi connectivity index (χ1) is 9.24. The Morgan fingerprint density at radius 1 is 1.32 bits per heavy atom. The zero-order chi connectivity index (χ0) is 13.7. The topological polar surface area (TPSA) is 66.1 Å². The largest absolute Gasteiger partial charge is 0.467 e. The molecular formula is C15H16N2O2. The molecular weight excluding hydrogens is 240 g/mol. The Balaban J connectivity index is 1.99. The van der Waals surface area contributed by atoms with Crippen LogP contribution in [0.15, 0.2) is 41.0 Å². The Morgan fingerprint density at radius 3 is 2.68 bits per heavy atom. The predicted octanol–water partition coefficient (Wildman–Crippen LogP) is 2.77. The fourth-order valence-corrected chi connectivity index (χ4v) is 1.78. The molecule has 0 aliphatic carbocycles. The van der Waals surface area contributed by atoms with Crippen molar-refractivity contribution in [3.8, 4) is 0 Å². The molecule has 98 valence electrons. The summed E-state index contributed by atoms with van der Waals surface area (Å²) in [6.45, 7) is 2.36. The van der Waals surface area contributed by atoms with Crippen LogP contribution < -0.4 is 5.32 Å². The fourth-order valence-electron chi connectivity index (χ4n) is 1.78. The van der Waals surface area contributed by atoms with E-state index in [0.29, 0.717) is 16.9 Å². The van der Waals surface area contributed by atoms with Gasteiger partial charge in [0, 0.05) is 17.3 Å². The Hall–Kier alpha value is -2.36. The van der Waals surface area contributed by atoms with Crippen molar-refractivity contribution in [3.05, 3.63) is 59.0 Å². The molecule has 2 aromatic rings. The van der Waals surface area contributed by atoms with Gasteiger partial charge in [-0.15, -0.1) is 0 Å². The van der Waals surface area contributed by atoms with E-state index in [9.17, 15) is 4.79 Å². The molecule has 4 heteroatoms. The van der Waals surface area contributed by atoms with Crippen LogP contribution in [-0.2, 0) is 13.0 Å². The highest BCUT2D eigenvalue weighted by atomic mass is 16.3. The Labute approximate surface area is 112 Å². The quantitative estimate of drug-likeness (QED) is 0.808. The minimum atomic E-state index is -0.144. The summed E-state index contributed by atoms with van der Waals surface area (Å²) in [7, 11) is 0. The maximum atomic E-state index is 11.9. The maximum Gasteiger partial charge on any atom is 0.251 e. The second kappa shape index (κ2) is 6.00. The number of aryl methyl sites for hydroxylation is 1. The van der Waals surface area contributed by atoms with E-state index in [0.717, 1.165) is 6.42 Å². The number of hydrogen-bond donors (Lipinski definition) is 2. The summed E-state index contributed by atoms with van der Waals surface area (Å²) in [4.78, 5) is 11.9. The second-order valence-electron chi connectivity index (χ2n) is 4.18. The number of rotatable bonds is 5. The Kier molecular flexibility index (Phi) is 4.13. The van der Waals surface area contributed by atoms with Crippen LogP contribution in [0.2, 0.25) is 0 Å². The average molecular weight is 256 g/mol. The molecule has 1 heterocycles. The average Bonchev–Trinajstić information content (AvgIpc) is 2.92. The summed E-state index contributed by atoms with van der Waals surface area (Å²) in [5.41, 5.74) is 2.51. The van der Waals surface area contributed by atoms with Gasteiger partial charge in [-0.05, 0) is 30.2 Å². The van der Waals surface area contributed by atoms with Crippen molar-refractivity contribution in [1.82, 2.24) is 5.32 Å². The van der Waals surface area contributed by atoms with Crippen LogP contribution in [0.3, 0.4) is 0 Å². The number of hydrogen-bond acceptors (Lipinski definition) is 3. The lowest BCUT2D eigenvalue weighted by Gasteiger charge is -2.05. The molecule has 0 bridgehead atoms. The third-order valence-corrected chi connectivity index (χ3v) is 2.97. The molecule has 0 saturated carbocycles. The highest BCUT2D eigenvalue weighted by Crippen LogP contribution is 2.09. The van der Waals surface area contributed by atoms with E-state index >= 15 is 0 Å². The van der Waals surface area contributed by atoms with Gasteiger partial charge < -0.3 is 15.1 Å². The summed E-state index contributed by atoms with van der Waals surface area (Å²) in [5.74, 6) is 0.448. The van der Waals surface area contributed by atoms with Crippen LogP contribution in [-0.4, -0.2) is 12.1 Å². The van der Waals surface area contributed by atoms with E-state index in [1.54, 1.807) is 6.07 Å². The summed E-state index contributed by atoms with van der Waals surface area (Å²) in [6.07, 6.45) is 3.68. The lowest BCUT2D eigenvalue weighted by atomic mass is 10.1. The third kappa shape index (κ3) is 3.10. The predicted molar refractivity (Wildman–Crippen MR) is 73.6 cm³/mol. The van der Waals surface area contributed by atoms with E-state index < -0.39 is 0 Å². The lowest BCUT2D eigenvalue weighted by molar-refractivity contribution is 0.0948. The van der Waals surface area contributed by atoms with Gasteiger partial charge in [0.25, 0.3) is 5.91 Å². The highest BCUT2D eigenvalue weighted by Gasteiger charge is 2.08. The lowest BCUT2D eigenvalue weighted by Crippen LogP contribution is -2.23. The van der Waals surface area contributed by atoms with Crippen molar-refractivity contribution < 1.29 is 9.21 Å². The number of carbonyl (C=O) groups excluding carboxylic acids is 1. The number of furan rings is 1. The molecule has 1 amide bonds. The molecule has 0 spiro atoms. The van der Waals surface area contributed by atoms with Crippen LogP contribution in [0.4, 0.5) is 0 Å². The maximum absolute atomic E-state index is 11.9. The van der Waals surface area contributed by atoms with Crippen molar-refractivity contribution in [2.75, 3.05) is 0 Å². The summed E-state index contributed by atoms with van der Waals surface area (Å²) in [5, 5.41) is 9.98. The van der Waals surface area contributed by atoms with Crippen LogP contribution in [0.1, 0.15) is 34.2 Å². The zero-order valence-electron chi connectivity index (χ0n) is 10.8. The van der Waals surface area contributed by atoms with E-state index in [4.69, 9.17) is 9.83 Å². The van der Waals surface area contributed by atoms with E-state index in [-0.39, 0.29) is 12.5 Å². The second-order valence-corrected chi connectivity index (χ2v) is 4.18. The van der Waals surface area contributed by atoms with Crippen molar-refractivity contribution >= 4 is 12.1 Å². The number of nitrogens with one attached hydrogen (secondary N) is 2. The molecule has 0 aliphatic rings. The molecule has 0 unspecified atom stereocenters. The first kappa shape index (κ1) is 13.1. The molecule has 0 radical (unpaired) electrons. The molecule has 1 aromatic heterocycles. The van der Waals surface area contributed by atoms with Gasteiger partial charge in [-0.2, -0.15) is 0 Å². The SMILES string of the molecule is CCc1ccc(C(=O)NCc2occc2C=N)cc1. The van der Waals surface area contributed by atoms with Gasteiger partial charge in [0.15, 0.2) is 0 Å². The van der Waals surface area contributed by atoms with Crippen molar-refractivity contribution in [2.45, 2.75) is 19.9 Å². The first-order valence-electron chi connectivity index (χ1n) is 6.18. The number of benzene rings is 1. The van der Waals surface area contributed by atoms with Gasteiger partial charge >= 0.3 is 0 Å². The van der Waals surface area contributed by atoms with Gasteiger partial charge in [-0.1, -0.05) is 19.1 Å². The summed E-state index contributed by atoms with van der Waals surface area (Å²) >= 11 is 0. The molecule has 19 heavy (non-hydrogen) atoms. The van der Waals surface area contributed by atoms with Crippen LogP contribution >= 0.6 is 0 Å². The van der Waals surface area contributed by atoms with Crippen LogP contribution in [0.5, 0.6) is 0 Å². The standard InChI is InChI=1S/C15H16N2O2/c1-2-11-3-5-12(6-4-11)15(18)17-10-14-13(9-16)7-8-19-14/h3-9,16H,2,10H2,1H3,(H,17,18). The highest BCUT2D eigenvalue weighted by molar-refractivity contribution is 5.94.